The highest BCUT2D eigenvalue weighted by Gasteiger charge is 2.53. The van der Waals surface area contributed by atoms with Crippen LogP contribution in [0.15, 0.2) is 22.7 Å². The van der Waals surface area contributed by atoms with Crippen molar-refractivity contribution in [2.45, 2.75) is 39.2 Å². The zero-order valence-electron chi connectivity index (χ0n) is 13.6. The van der Waals surface area contributed by atoms with Gasteiger partial charge in [0.05, 0.1) is 11.3 Å². The highest BCUT2D eigenvalue weighted by molar-refractivity contribution is 5.98. The molecule has 1 fully saturated rings. The van der Waals surface area contributed by atoms with E-state index in [4.69, 9.17) is 4.52 Å². The second-order valence-electron chi connectivity index (χ2n) is 6.29. The fourth-order valence-electron chi connectivity index (χ4n) is 2.50. The van der Waals surface area contributed by atoms with Crippen molar-refractivity contribution in [1.82, 2.24) is 10.1 Å². The van der Waals surface area contributed by atoms with Crippen molar-refractivity contribution < 1.29 is 14.2 Å². The van der Waals surface area contributed by atoms with Crippen LogP contribution in [0.3, 0.4) is 0 Å². The van der Waals surface area contributed by atoms with Gasteiger partial charge < -0.3 is 9.84 Å². The molecule has 1 aliphatic carbocycles. The third-order valence-electron chi connectivity index (χ3n) is 4.07. The van der Waals surface area contributed by atoms with Gasteiger partial charge in [0.2, 0.25) is 11.9 Å². The van der Waals surface area contributed by atoms with Crippen LogP contribution in [0.1, 0.15) is 37.6 Å². The number of carbonyl (C=O) groups is 1. The number of nitro groups is 1. The number of carbonyl (C=O) groups excluding carboxylic acids is 1. The molecule has 1 aromatic heterocycles. The molecule has 24 heavy (non-hydrogen) atoms. The molecule has 0 saturated heterocycles. The monoisotopic (exact) mass is 330 g/mol. The number of benzene rings is 1. The minimum atomic E-state index is -0.784. The van der Waals surface area contributed by atoms with Gasteiger partial charge in [0, 0.05) is 17.3 Å². The number of amides is 1. The molecule has 8 heteroatoms. The first-order valence-electron chi connectivity index (χ1n) is 7.76. The van der Waals surface area contributed by atoms with Gasteiger partial charge in [-0.05, 0) is 18.6 Å². The quantitative estimate of drug-likeness (QED) is 0.666. The van der Waals surface area contributed by atoms with E-state index in [1.165, 1.54) is 0 Å². The Morgan fingerprint density at radius 1 is 1.46 bits per heavy atom. The average molecular weight is 330 g/mol. The number of hydrogen-bond acceptors (Lipinski definition) is 6. The number of aromatic nitrogens is 2. The van der Waals surface area contributed by atoms with E-state index in [2.05, 4.69) is 15.5 Å². The summed E-state index contributed by atoms with van der Waals surface area (Å²) < 4.78 is 5.30. The molecule has 126 valence electrons. The van der Waals surface area contributed by atoms with Crippen LogP contribution >= 0.6 is 0 Å². The first-order valence-corrected chi connectivity index (χ1v) is 7.76. The van der Waals surface area contributed by atoms with Crippen LogP contribution in [-0.4, -0.2) is 27.0 Å². The summed E-state index contributed by atoms with van der Waals surface area (Å²) in [5.41, 5.74) is 1.99. The largest absolute Gasteiger partial charge is 0.334 e. The van der Waals surface area contributed by atoms with Crippen molar-refractivity contribution in [3.8, 4) is 11.5 Å². The van der Waals surface area contributed by atoms with Crippen LogP contribution in [0, 0.1) is 23.0 Å². The Morgan fingerprint density at radius 2 is 2.21 bits per heavy atom. The summed E-state index contributed by atoms with van der Waals surface area (Å²) in [5.74, 6) is 0.0913. The molecule has 1 aliphatic rings. The van der Waals surface area contributed by atoms with E-state index in [1.807, 2.05) is 32.9 Å². The summed E-state index contributed by atoms with van der Waals surface area (Å²) in [6.45, 7) is 5.76. The molecule has 1 N–H and O–H groups in total. The van der Waals surface area contributed by atoms with E-state index in [-0.39, 0.29) is 18.2 Å². The predicted octanol–water partition coefficient (Wildman–Crippen LogP) is 2.77. The molecule has 1 aromatic carbocycles. The van der Waals surface area contributed by atoms with Crippen LogP contribution in [0.5, 0.6) is 0 Å². The molecule has 0 radical (unpaired) electrons. The minimum absolute atomic E-state index is 0.123. The zero-order chi connectivity index (χ0) is 17.4. The molecule has 0 spiro atoms. The summed E-state index contributed by atoms with van der Waals surface area (Å²) in [4.78, 5) is 26.9. The minimum Gasteiger partial charge on any atom is -0.334 e. The molecule has 8 nitrogen and oxygen atoms in total. The van der Waals surface area contributed by atoms with Crippen molar-refractivity contribution in [2.75, 3.05) is 5.32 Å². The zero-order valence-corrected chi connectivity index (χ0v) is 13.6. The van der Waals surface area contributed by atoms with Crippen molar-refractivity contribution in [2.24, 2.45) is 5.92 Å². The lowest BCUT2D eigenvalue weighted by molar-refractivity contribution is -0.497. The summed E-state index contributed by atoms with van der Waals surface area (Å²) >= 11 is 0. The van der Waals surface area contributed by atoms with E-state index in [1.54, 1.807) is 6.07 Å². The van der Waals surface area contributed by atoms with Crippen LogP contribution in [0.2, 0.25) is 0 Å². The number of hydrogen-bond donors (Lipinski definition) is 1. The second kappa shape index (κ2) is 6.03. The van der Waals surface area contributed by atoms with Crippen LogP contribution in [0.4, 0.5) is 5.69 Å². The molecule has 1 heterocycles. The Bertz CT molecular complexity index is 799. The molecule has 1 amide bonds. The summed E-state index contributed by atoms with van der Waals surface area (Å²) in [7, 11) is 0. The Hall–Kier alpha value is -2.77. The highest BCUT2D eigenvalue weighted by Crippen LogP contribution is 2.36. The van der Waals surface area contributed by atoms with E-state index in [0.717, 1.165) is 5.56 Å². The Kier molecular flexibility index (Phi) is 4.04. The van der Waals surface area contributed by atoms with Crippen molar-refractivity contribution in [3.05, 3.63) is 39.7 Å². The SMILES string of the molecule is Cc1cccc(-c2nc(C(C)C)no2)c1NC(=O)[C@H]1C[C@H]1[N+](=O)[O-]. The van der Waals surface area contributed by atoms with Gasteiger partial charge in [-0.15, -0.1) is 0 Å². The van der Waals surface area contributed by atoms with Gasteiger partial charge in [-0.2, -0.15) is 4.98 Å². The molecule has 0 unspecified atom stereocenters. The van der Waals surface area contributed by atoms with Gasteiger partial charge in [0.15, 0.2) is 5.82 Å². The van der Waals surface area contributed by atoms with Crippen LogP contribution in [0.25, 0.3) is 11.5 Å². The van der Waals surface area contributed by atoms with Crippen molar-refractivity contribution >= 4 is 11.6 Å². The first-order chi connectivity index (χ1) is 11.4. The summed E-state index contributed by atoms with van der Waals surface area (Å²) in [6, 6.07) is 4.67. The summed E-state index contributed by atoms with van der Waals surface area (Å²) in [5, 5.41) is 17.5. The van der Waals surface area contributed by atoms with Gasteiger partial charge in [-0.1, -0.05) is 31.1 Å². The molecule has 1 saturated carbocycles. The predicted molar refractivity (Wildman–Crippen MR) is 86.1 cm³/mol. The van der Waals surface area contributed by atoms with Gasteiger partial charge in [0.25, 0.3) is 5.89 Å². The summed E-state index contributed by atoms with van der Waals surface area (Å²) in [6.07, 6.45) is 0.276. The van der Waals surface area contributed by atoms with Crippen molar-refractivity contribution in [1.29, 1.82) is 0 Å². The Morgan fingerprint density at radius 3 is 2.79 bits per heavy atom. The third-order valence-corrected chi connectivity index (χ3v) is 4.07. The van der Waals surface area contributed by atoms with Gasteiger partial charge in [-0.25, -0.2) is 0 Å². The third kappa shape index (κ3) is 2.99. The van der Waals surface area contributed by atoms with E-state index < -0.39 is 16.9 Å². The normalized spacial score (nSPS) is 19.3. The topological polar surface area (TPSA) is 111 Å². The van der Waals surface area contributed by atoms with E-state index in [9.17, 15) is 14.9 Å². The van der Waals surface area contributed by atoms with E-state index in [0.29, 0.717) is 23.0 Å². The lowest BCUT2D eigenvalue weighted by atomic mass is 10.1. The number of aryl methyl sites for hydroxylation is 1. The fraction of sp³-hybridized carbons (Fsp3) is 0.438. The number of anilines is 1. The lowest BCUT2D eigenvalue weighted by Gasteiger charge is -2.11. The number of para-hydroxylation sites is 1. The van der Waals surface area contributed by atoms with Crippen LogP contribution < -0.4 is 5.32 Å². The van der Waals surface area contributed by atoms with Crippen LogP contribution in [-0.2, 0) is 4.79 Å². The molecular formula is C16H18N4O4. The first kappa shape index (κ1) is 16.1. The maximum absolute atomic E-state index is 12.3. The highest BCUT2D eigenvalue weighted by atomic mass is 16.6. The number of nitrogens with zero attached hydrogens (tertiary/aromatic N) is 3. The number of rotatable bonds is 5. The number of nitrogens with one attached hydrogen (secondary N) is 1. The molecule has 3 rings (SSSR count). The molecule has 0 aliphatic heterocycles. The molecule has 2 atom stereocenters. The molecular weight excluding hydrogens is 312 g/mol. The van der Waals surface area contributed by atoms with Gasteiger partial charge in [-0.3, -0.25) is 14.9 Å². The molecule has 0 bridgehead atoms. The Balaban J connectivity index is 1.88. The van der Waals surface area contributed by atoms with Gasteiger partial charge in [0.1, 0.15) is 5.92 Å². The molecule has 2 aromatic rings. The maximum Gasteiger partial charge on any atom is 0.260 e. The second-order valence-corrected chi connectivity index (χ2v) is 6.29. The standard InChI is InChI=1S/C16H18N4O4/c1-8(2)14-18-16(24-19-14)10-6-4-5-9(3)13(10)17-15(21)11-7-12(11)20(22)23/h4-6,8,11-12H,7H2,1-3H3,(H,17,21)/t11-,12+/m0/s1. The Labute approximate surface area is 138 Å². The fourth-order valence-corrected chi connectivity index (χ4v) is 2.50. The van der Waals surface area contributed by atoms with Crippen molar-refractivity contribution in [3.63, 3.8) is 0 Å². The lowest BCUT2D eigenvalue weighted by Crippen LogP contribution is -2.19. The van der Waals surface area contributed by atoms with E-state index >= 15 is 0 Å². The average Bonchev–Trinajstić information content (AvgIpc) is 3.19. The maximum atomic E-state index is 12.3. The smallest absolute Gasteiger partial charge is 0.260 e. The van der Waals surface area contributed by atoms with Gasteiger partial charge >= 0.3 is 0 Å².